The predicted molar refractivity (Wildman–Crippen MR) is 114 cm³/mol. The number of ether oxygens (including phenoxy) is 1. The van der Waals surface area contributed by atoms with Gasteiger partial charge in [-0.3, -0.25) is 4.90 Å². The molecule has 1 saturated heterocycles. The first kappa shape index (κ1) is 20.0. The minimum atomic E-state index is -0.168. The van der Waals surface area contributed by atoms with Crippen molar-refractivity contribution in [2.45, 2.75) is 32.4 Å². The van der Waals surface area contributed by atoms with E-state index in [0.717, 1.165) is 49.5 Å². The van der Waals surface area contributed by atoms with Gasteiger partial charge in [-0.25, -0.2) is 4.79 Å². The largest absolute Gasteiger partial charge is 0.489 e. The van der Waals surface area contributed by atoms with E-state index in [1.807, 2.05) is 37.3 Å². The molecule has 2 aromatic rings. The van der Waals surface area contributed by atoms with E-state index >= 15 is 0 Å². The van der Waals surface area contributed by atoms with Crippen LogP contribution in [-0.2, 0) is 6.54 Å². The lowest BCUT2D eigenvalue weighted by Gasteiger charge is -2.32. The Bertz CT molecular complexity index is 783. The summed E-state index contributed by atoms with van der Waals surface area (Å²) in [4.78, 5) is 14.8. The summed E-state index contributed by atoms with van der Waals surface area (Å²) in [5, 5.41) is 5.99. The van der Waals surface area contributed by atoms with Gasteiger partial charge in [0.05, 0.1) is 0 Å². The van der Waals surface area contributed by atoms with Crippen LogP contribution in [0.1, 0.15) is 25.3 Å². The lowest BCUT2D eigenvalue weighted by molar-refractivity contribution is 0.190. The van der Waals surface area contributed by atoms with Gasteiger partial charge in [0, 0.05) is 37.4 Å². The number of carbonyl (C=O) groups excluding carboxylic acids is 1. The van der Waals surface area contributed by atoms with Gasteiger partial charge in [-0.05, 0) is 43.0 Å². The van der Waals surface area contributed by atoms with Crippen LogP contribution in [0.2, 0.25) is 0 Å². The number of carbonyl (C=O) groups is 1. The summed E-state index contributed by atoms with van der Waals surface area (Å²) in [6, 6.07) is 18.0. The summed E-state index contributed by atoms with van der Waals surface area (Å²) in [7, 11) is 0. The Morgan fingerprint density at radius 3 is 2.61 bits per heavy atom. The van der Waals surface area contributed by atoms with E-state index in [-0.39, 0.29) is 12.1 Å². The van der Waals surface area contributed by atoms with Crippen molar-refractivity contribution >= 4 is 11.7 Å². The number of piperidine rings is 1. The molecule has 28 heavy (non-hydrogen) atoms. The zero-order valence-electron chi connectivity index (χ0n) is 16.5. The zero-order chi connectivity index (χ0) is 19.8. The Balaban J connectivity index is 1.42. The molecule has 0 saturated carbocycles. The smallest absolute Gasteiger partial charge is 0.319 e. The highest BCUT2D eigenvalue weighted by atomic mass is 16.5. The number of amides is 2. The standard InChI is InChI=1S/C23H29N3O2/c1-18(2)17-28-22-10-6-9-21(15-22)25-23(27)24-20-11-13-26(14-12-20)16-19-7-4-3-5-8-19/h3-10,15,20H,1,11-14,16-17H2,2H3,(H2,24,25,27). The molecule has 148 valence electrons. The van der Waals surface area contributed by atoms with Crippen molar-refractivity contribution in [2.24, 2.45) is 0 Å². The van der Waals surface area contributed by atoms with Crippen molar-refractivity contribution < 1.29 is 9.53 Å². The molecule has 2 N–H and O–H groups in total. The minimum Gasteiger partial charge on any atom is -0.489 e. The summed E-state index contributed by atoms with van der Waals surface area (Å²) >= 11 is 0. The summed E-state index contributed by atoms with van der Waals surface area (Å²) < 4.78 is 5.62. The molecule has 1 heterocycles. The fourth-order valence-corrected chi connectivity index (χ4v) is 3.30. The number of nitrogens with zero attached hydrogens (tertiary/aromatic N) is 1. The molecule has 0 unspecified atom stereocenters. The second-order valence-electron chi connectivity index (χ2n) is 7.41. The van der Waals surface area contributed by atoms with Crippen LogP contribution in [0.3, 0.4) is 0 Å². The van der Waals surface area contributed by atoms with Gasteiger partial charge in [0.2, 0.25) is 0 Å². The molecule has 2 amide bonds. The fourth-order valence-electron chi connectivity index (χ4n) is 3.30. The van der Waals surface area contributed by atoms with E-state index in [9.17, 15) is 4.79 Å². The van der Waals surface area contributed by atoms with Gasteiger partial charge in [-0.1, -0.05) is 43.0 Å². The van der Waals surface area contributed by atoms with Crippen LogP contribution in [0.4, 0.5) is 10.5 Å². The van der Waals surface area contributed by atoms with Crippen LogP contribution in [0.5, 0.6) is 5.75 Å². The van der Waals surface area contributed by atoms with Gasteiger partial charge < -0.3 is 15.4 Å². The molecule has 0 aliphatic carbocycles. The van der Waals surface area contributed by atoms with Crippen molar-refractivity contribution in [3.8, 4) is 5.75 Å². The number of likely N-dealkylation sites (tertiary alicyclic amines) is 1. The fraction of sp³-hybridized carbons (Fsp3) is 0.348. The Morgan fingerprint density at radius 2 is 1.89 bits per heavy atom. The van der Waals surface area contributed by atoms with Gasteiger partial charge in [0.25, 0.3) is 0 Å². The Morgan fingerprint density at radius 1 is 1.14 bits per heavy atom. The summed E-state index contributed by atoms with van der Waals surface area (Å²) in [5.41, 5.74) is 3.01. The molecule has 0 aromatic heterocycles. The molecule has 0 spiro atoms. The average Bonchev–Trinajstić information content (AvgIpc) is 2.69. The second kappa shape index (κ2) is 9.95. The number of nitrogens with one attached hydrogen (secondary N) is 2. The van der Waals surface area contributed by atoms with Crippen LogP contribution in [0.15, 0.2) is 66.7 Å². The molecular formula is C23H29N3O2. The average molecular weight is 380 g/mol. The molecule has 0 bridgehead atoms. The summed E-state index contributed by atoms with van der Waals surface area (Å²) in [5.74, 6) is 0.718. The van der Waals surface area contributed by atoms with Gasteiger partial charge >= 0.3 is 6.03 Å². The van der Waals surface area contributed by atoms with Gasteiger partial charge in [0.1, 0.15) is 12.4 Å². The number of hydrogen-bond acceptors (Lipinski definition) is 3. The molecule has 1 fully saturated rings. The van der Waals surface area contributed by atoms with E-state index in [4.69, 9.17) is 4.74 Å². The molecule has 1 aliphatic heterocycles. The van der Waals surface area contributed by atoms with Gasteiger partial charge in [-0.15, -0.1) is 0 Å². The Labute approximate surface area is 167 Å². The molecule has 3 rings (SSSR count). The van der Waals surface area contributed by atoms with Crippen LogP contribution >= 0.6 is 0 Å². The third kappa shape index (κ3) is 6.43. The molecule has 2 aromatic carbocycles. The number of benzene rings is 2. The summed E-state index contributed by atoms with van der Waals surface area (Å²) in [6.45, 7) is 9.16. The Kier molecular flexibility index (Phi) is 7.09. The maximum Gasteiger partial charge on any atom is 0.319 e. The molecule has 0 radical (unpaired) electrons. The topological polar surface area (TPSA) is 53.6 Å². The van der Waals surface area contributed by atoms with Crippen LogP contribution in [-0.4, -0.2) is 36.7 Å². The first-order valence-corrected chi connectivity index (χ1v) is 9.79. The van der Waals surface area contributed by atoms with Crippen molar-refractivity contribution in [1.82, 2.24) is 10.2 Å². The van der Waals surface area contributed by atoms with Gasteiger partial charge in [0.15, 0.2) is 0 Å². The van der Waals surface area contributed by atoms with Crippen molar-refractivity contribution in [3.05, 3.63) is 72.3 Å². The lowest BCUT2D eigenvalue weighted by atomic mass is 10.0. The van der Waals surface area contributed by atoms with Gasteiger partial charge in [-0.2, -0.15) is 0 Å². The highest BCUT2D eigenvalue weighted by Crippen LogP contribution is 2.18. The quantitative estimate of drug-likeness (QED) is 0.700. The van der Waals surface area contributed by atoms with E-state index < -0.39 is 0 Å². The maximum absolute atomic E-state index is 12.3. The highest BCUT2D eigenvalue weighted by Gasteiger charge is 2.20. The van der Waals surface area contributed by atoms with E-state index in [2.05, 4.69) is 46.4 Å². The first-order chi connectivity index (χ1) is 13.6. The third-order valence-corrected chi connectivity index (χ3v) is 4.75. The van der Waals surface area contributed by atoms with Crippen LogP contribution in [0, 0.1) is 0 Å². The molecule has 0 atom stereocenters. The lowest BCUT2D eigenvalue weighted by Crippen LogP contribution is -2.45. The number of rotatable bonds is 7. The molecular weight excluding hydrogens is 350 g/mol. The van der Waals surface area contributed by atoms with E-state index in [0.29, 0.717) is 6.61 Å². The number of urea groups is 1. The monoisotopic (exact) mass is 379 g/mol. The normalized spacial score (nSPS) is 15.0. The summed E-state index contributed by atoms with van der Waals surface area (Å²) in [6.07, 6.45) is 1.92. The molecule has 5 nitrogen and oxygen atoms in total. The van der Waals surface area contributed by atoms with Crippen molar-refractivity contribution in [2.75, 3.05) is 25.0 Å². The number of hydrogen-bond donors (Lipinski definition) is 2. The minimum absolute atomic E-state index is 0.168. The molecule has 1 aliphatic rings. The third-order valence-electron chi connectivity index (χ3n) is 4.75. The predicted octanol–water partition coefficient (Wildman–Crippen LogP) is 4.43. The second-order valence-corrected chi connectivity index (χ2v) is 7.41. The zero-order valence-corrected chi connectivity index (χ0v) is 16.5. The Hall–Kier alpha value is -2.79. The maximum atomic E-state index is 12.3. The van der Waals surface area contributed by atoms with E-state index in [1.54, 1.807) is 0 Å². The highest BCUT2D eigenvalue weighted by molar-refractivity contribution is 5.89. The SMILES string of the molecule is C=C(C)COc1cccc(NC(=O)NC2CCN(Cc3ccccc3)CC2)c1. The van der Waals surface area contributed by atoms with Crippen LogP contribution in [0.25, 0.3) is 0 Å². The first-order valence-electron chi connectivity index (χ1n) is 9.79. The van der Waals surface area contributed by atoms with E-state index in [1.165, 1.54) is 5.56 Å². The van der Waals surface area contributed by atoms with Crippen molar-refractivity contribution in [1.29, 1.82) is 0 Å². The number of anilines is 1. The molecule has 5 heteroatoms. The van der Waals surface area contributed by atoms with Crippen molar-refractivity contribution in [3.63, 3.8) is 0 Å². The van der Waals surface area contributed by atoms with Crippen LogP contribution < -0.4 is 15.4 Å².